The Morgan fingerprint density at radius 2 is 1.61 bits per heavy atom. The summed E-state index contributed by atoms with van der Waals surface area (Å²) in [6.45, 7) is 2.26. The predicted molar refractivity (Wildman–Crippen MR) is 119 cm³/mol. The van der Waals surface area contributed by atoms with Crippen LogP contribution in [-0.4, -0.2) is 40.3 Å². The number of hydrogen-bond acceptors (Lipinski definition) is 5. The lowest BCUT2D eigenvalue weighted by Gasteiger charge is -2.03. The van der Waals surface area contributed by atoms with E-state index in [0.717, 1.165) is 12.0 Å². The summed E-state index contributed by atoms with van der Waals surface area (Å²) in [5, 5.41) is 17.1. The molecule has 2 aromatic rings. The number of benzene rings is 1. The van der Waals surface area contributed by atoms with Crippen LogP contribution in [0.1, 0.15) is 69.7 Å². The predicted octanol–water partition coefficient (Wildman–Crippen LogP) is 4.35. The zero-order valence-corrected chi connectivity index (χ0v) is 18.4. The Kier molecular flexibility index (Phi) is 11.1. The fourth-order valence-corrected chi connectivity index (χ4v) is 3.28. The Morgan fingerprint density at radius 1 is 0.935 bits per heavy atom. The van der Waals surface area contributed by atoms with Crippen LogP contribution in [0.5, 0.6) is 0 Å². The largest absolute Gasteiger partial charge is 0.465 e. The molecule has 0 spiro atoms. The van der Waals surface area contributed by atoms with E-state index in [0.29, 0.717) is 24.7 Å². The van der Waals surface area contributed by atoms with Gasteiger partial charge in [0.05, 0.1) is 6.54 Å². The van der Waals surface area contributed by atoms with E-state index in [1.807, 2.05) is 17.4 Å². The summed E-state index contributed by atoms with van der Waals surface area (Å²) in [6.07, 6.45) is 10.8. The van der Waals surface area contributed by atoms with Crippen LogP contribution in [0.4, 0.5) is 4.79 Å². The van der Waals surface area contributed by atoms with Crippen molar-refractivity contribution in [3.63, 3.8) is 0 Å². The molecule has 0 saturated heterocycles. The number of aromatic nitrogens is 2. The first-order valence-electron chi connectivity index (χ1n) is 11.2. The van der Waals surface area contributed by atoms with Gasteiger partial charge in [0.25, 0.3) is 0 Å². The van der Waals surface area contributed by atoms with Crippen molar-refractivity contribution in [2.45, 2.75) is 71.1 Å². The van der Waals surface area contributed by atoms with Gasteiger partial charge < -0.3 is 20.3 Å². The Hall–Kier alpha value is -2.90. The maximum Gasteiger partial charge on any atom is 0.405 e. The lowest BCUT2D eigenvalue weighted by molar-refractivity contribution is -0.120. The number of nitrogens with one attached hydrogen (secondary N) is 2. The Balaban J connectivity index is 1.66. The van der Waals surface area contributed by atoms with Crippen LogP contribution in [0.2, 0.25) is 0 Å². The highest BCUT2D eigenvalue weighted by Crippen LogP contribution is 2.18. The van der Waals surface area contributed by atoms with Crippen molar-refractivity contribution < 1.29 is 19.2 Å². The molecule has 31 heavy (non-hydrogen) atoms. The highest BCUT2D eigenvalue weighted by atomic mass is 16.5. The van der Waals surface area contributed by atoms with Gasteiger partial charge in [-0.2, -0.15) is 4.98 Å². The van der Waals surface area contributed by atoms with Crippen LogP contribution in [0, 0.1) is 0 Å². The first-order chi connectivity index (χ1) is 15.1. The van der Waals surface area contributed by atoms with Gasteiger partial charge in [-0.15, -0.1) is 0 Å². The maximum absolute atomic E-state index is 11.5. The molecule has 8 heteroatoms. The molecule has 1 heterocycles. The second kappa shape index (κ2) is 14.2. The van der Waals surface area contributed by atoms with Crippen molar-refractivity contribution in [3.05, 3.63) is 35.7 Å². The van der Waals surface area contributed by atoms with E-state index in [-0.39, 0.29) is 6.54 Å². The van der Waals surface area contributed by atoms with E-state index in [2.05, 4.69) is 34.5 Å². The van der Waals surface area contributed by atoms with Gasteiger partial charge in [-0.1, -0.05) is 81.3 Å². The van der Waals surface area contributed by atoms with E-state index in [1.165, 1.54) is 56.9 Å². The lowest BCUT2D eigenvalue weighted by atomic mass is 10.0. The summed E-state index contributed by atoms with van der Waals surface area (Å²) < 4.78 is 5.23. The van der Waals surface area contributed by atoms with Gasteiger partial charge >= 0.3 is 6.09 Å². The van der Waals surface area contributed by atoms with E-state index in [9.17, 15) is 9.59 Å². The highest BCUT2D eigenvalue weighted by Gasteiger charge is 2.10. The van der Waals surface area contributed by atoms with Crippen molar-refractivity contribution in [1.29, 1.82) is 0 Å². The molecule has 0 atom stereocenters. The normalized spacial score (nSPS) is 10.7. The third-order valence-electron chi connectivity index (χ3n) is 5.06. The number of aryl methyl sites for hydroxylation is 1. The fraction of sp³-hybridized carbons (Fsp3) is 0.565. The Bertz CT molecular complexity index is 789. The van der Waals surface area contributed by atoms with E-state index in [4.69, 9.17) is 9.63 Å². The average molecular weight is 431 g/mol. The van der Waals surface area contributed by atoms with Crippen LogP contribution in [-0.2, 0) is 17.6 Å². The molecule has 2 rings (SSSR count). The maximum atomic E-state index is 11.5. The second-order valence-corrected chi connectivity index (χ2v) is 7.69. The molecule has 1 aromatic heterocycles. The molecular weight excluding hydrogens is 396 g/mol. The third-order valence-corrected chi connectivity index (χ3v) is 5.06. The van der Waals surface area contributed by atoms with Gasteiger partial charge in [-0.05, 0) is 18.4 Å². The summed E-state index contributed by atoms with van der Waals surface area (Å²) in [7, 11) is 0. The monoisotopic (exact) mass is 430 g/mol. The van der Waals surface area contributed by atoms with E-state index in [1.54, 1.807) is 0 Å². The number of carbonyl (C=O) groups is 2. The van der Waals surface area contributed by atoms with Crippen molar-refractivity contribution >= 4 is 12.0 Å². The van der Waals surface area contributed by atoms with Crippen molar-refractivity contribution in [2.75, 3.05) is 13.1 Å². The lowest BCUT2D eigenvalue weighted by Crippen LogP contribution is -2.37. The van der Waals surface area contributed by atoms with Gasteiger partial charge in [-0.25, -0.2) is 4.79 Å². The highest BCUT2D eigenvalue weighted by molar-refractivity contribution is 5.81. The van der Waals surface area contributed by atoms with Crippen molar-refractivity contribution in [2.24, 2.45) is 0 Å². The standard InChI is InChI=1S/C23H34N4O4/c1-2-3-4-5-6-7-8-9-10-18-11-13-19(14-12-18)22-26-21(31-27-22)15-16-24-20(28)17-25-23(29)30/h11-14,25H,2-10,15-17H2,1H3,(H,24,28)(H,29,30). The van der Waals surface area contributed by atoms with Crippen LogP contribution in [0.25, 0.3) is 11.4 Å². The zero-order chi connectivity index (χ0) is 22.3. The summed E-state index contributed by atoms with van der Waals surface area (Å²) >= 11 is 0. The molecule has 0 bridgehead atoms. The molecule has 3 N–H and O–H groups in total. The van der Waals surface area contributed by atoms with Gasteiger partial charge in [0, 0.05) is 18.5 Å². The number of amides is 2. The SMILES string of the molecule is CCCCCCCCCCc1ccc(-c2noc(CCNC(=O)CNC(=O)O)n2)cc1. The zero-order valence-electron chi connectivity index (χ0n) is 18.4. The van der Waals surface area contributed by atoms with Crippen LogP contribution in [0.15, 0.2) is 28.8 Å². The summed E-state index contributed by atoms with van der Waals surface area (Å²) in [5.74, 6) is 0.534. The molecule has 0 unspecified atom stereocenters. The first kappa shape index (κ1) is 24.4. The Morgan fingerprint density at radius 3 is 2.29 bits per heavy atom. The topological polar surface area (TPSA) is 117 Å². The molecule has 8 nitrogen and oxygen atoms in total. The second-order valence-electron chi connectivity index (χ2n) is 7.69. The quantitative estimate of drug-likeness (QED) is 0.362. The van der Waals surface area contributed by atoms with Crippen LogP contribution >= 0.6 is 0 Å². The van der Waals surface area contributed by atoms with Crippen LogP contribution < -0.4 is 10.6 Å². The minimum absolute atomic E-state index is 0.282. The number of rotatable bonds is 15. The molecule has 0 fully saturated rings. The van der Waals surface area contributed by atoms with Crippen molar-refractivity contribution in [1.82, 2.24) is 20.8 Å². The molecular formula is C23H34N4O4. The smallest absolute Gasteiger partial charge is 0.405 e. The first-order valence-corrected chi connectivity index (χ1v) is 11.2. The fourth-order valence-electron chi connectivity index (χ4n) is 3.28. The molecule has 170 valence electrons. The average Bonchev–Trinajstić information content (AvgIpc) is 3.23. The summed E-state index contributed by atoms with van der Waals surface area (Å²) in [6, 6.07) is 8.24. The molecule has 0 aliphatic heterocycles. The number of nitrogens with zero attached hydrogens (tertiary/aromatic N) is 2. The van der Waals surface area contributed by atoms with Gasteiger partial charge in [0.2, 0.25) is 17.6 Å². The molecule has 1 aromatic carbocycles. The molecule has 2 amide bonds. The van der Waals surface area contributed by atoms with Gasteiger partial charge in [-0.3, -0.25) is 4.79 Å². The minimum Gasteiger partial charge on any atom is -0.465 e. The number of carbonyl (C=O) groups excluding carboxylic acids is 1. The summed E-state index contributed by atoms with van der Waals surface area (Å²) in [5.41, 5.74) is 2.21. The van der Waals surface area contributed by atoms with E-state index >= 15 is 0 Å². The Labute approximate surface area is 183 Å². The molecule has 0 radical (unpaired) electrons. The van der Waals surface area contributed by atoms with E-state index < -0.39 is 12.0 Å². The van der Waals surface area contributed by atoms with Gasteiger partial charge in [0.15, 0.2) is 0 Å². The summed E-state index contributed by atoms with van der Waals surface area (Å²) in [4.78, 5) is 26.2. The van der Waals surface area contributed by atoms with Crippen molar-refractivity contribution in [3.8, 4) is 11.4 Å². The number of unbranched alkanes of at least 4 members (excludes halogenated alkanes) is 7. The molecule has 0 aliphatic rings. The van der Waals surface area contributed by atoms with Crippen LogP contribution in [0.3, 0.4) is 0 Å². The molecule has 0 aliphatic carbocycles. The number of hydrogen-bond donors (Lipinski definition) is 3. The third kappa shape index (κ3) is 10.1. The number of carboxylic acid groups (broad SMARTS) is 1. The molecule has 0 saturated carbocycles. The minimum atomic E-state index is -1.24. The van der Waals surface area contributed by atoms with Gasteiger partial charge in [0.1, 0.15) is 0 Å².